The molecule has 5 nitrogen and oxygen atoms in total. The molecule has 2 heterocycles. The van der Waals surface area contributed by atoms with Crippen LogP contribution in [0.4, 0.5) is 5.69 Å². The first kappa shape index (κ1) is 16.5. The third kappa shape index (κ3) is 2.91. The van der Waals surface area contributed by atoms with Gasteiger partial charge in [-0.05, 0) is 56.3 Å². The topological polar surface area (TPSA) is 55.4 Å². The van der Waals surface area contributed by atoms with Gasteiger partial charge in [-0.1, -0.05) is 6.92 Å². The maximum atomic E-state index is 5.54. The summed E-state index contributed by atoms with van der Waals surface area (Å²) in [6.45, 7) is 4.46. The molecule has 0 radical (unpaired) electrons. The Morgan fingerprint density at radius 2 is 1.96 bits per heavy atom. The number of rotatable bonds is 4. The van der Waals surface area contributed by atoms with Gasteiger partial charge in [0.1, 0.15) is 0 Å². The van der Waals surface area contributed by atoms with Gasteiger partial charge in [-0.15, -0.1) is 0 Å². The number of nitrogens with zero attached hydrogens (tertiary/aromatic N) is 1. The van der Waals surface area contributed by atoms with E-state index in [1.807, 2.05) is 6.07 Å². The maximum Gasteiger partial charge on any atom is 0.162 e. The Labute approximate surface area is 149 Å². The summed E-state index contributed by atoms with van der Waals surface area (Å²) in [6, 6.07) is 4.57. The van der Waals surface area contributed by atoms with E-state index in [9.17, 15) is 0 Å². The standard InChI is InChI=1S/C20H27N3O2/c1-12-11-21-8-7-15(12)23-20-13-5-4-6-16(13)22-17-10-19(25-3)18(24-2)9-14(17)20/h9-10,12,15,21H,4-8,11H2,1-3H3,(H,22,23)/t12-,15+/m0/s1. The van der Waals surface area contributed by atoms with Gasteiger partial charge in [-0.2, -0.15) is 0 Å². The molecule has 2 atom stereocenters. The van der Waals surface area contributed by atoms with E-state index in [1.54, 1.807) is 14.2 Å². The number of piperidine rings is 1. The lowest BCUT2D eigenvalue weighted by Crippen LogP contribution is -2.42. The van der Waals surface area contributed by atoms with E-state index in [0.717, 1.165) is 54.8 Å². The molecule has 0 unspecified atom stereocenters. The van der Waals surface area contributed by atoms with Crippen LogP contribution in [0.15, 0.2) is 12.1 Å². The molecule has 2 aliphatic rings. The molecule has 1 aliphatic carbocycles. The molecule has 0 bridgehead atoms. The van der Waals surface area contributed by atoms with Crippen LogP contribution < -0.4 is 20.1 Å². The quantitative estimate of drug-likeness (QED) is 0.895. The molecular weight excluding hydrogens is 314 g/mol. The number of aromatic nitrogens is 1. The molecule has 0 spiro atoms. The molecule has 1 aromatic carbocycles. The number of methoxy groups -OCH3 is 2. The summed E-state index contributed by atoms with van der Waals surface area (Å²) in [5, 5.41) is 8.51. The zero-order valence-electron chi connectivity index (χ0n) is 15.3. The van der Waals surface area contributed by atoms with Gasteiger partial charge in [-0.25, -0.2) is 0 Å². The Hall–Kier alpha value is -2.01. The monoisotopic (exact) mass is 341 g/mol. The molecule has 0 amide bonds. The van der Waals surface area contributed by atoms with Crippen molar-refractivity contribution in [2.24, 2.45) is 5.92 Å². The first-order valence-corrected chi connectivity index (χ1v) is 9.26. The fourth-order valence-corrected chi connectivity index (χ4v) is 4.17. The minimum Gasteiger partial charge on any atom is -0.493 e. The molecule has 25 heavy (non-hydrogen) atoms. The van der Waals surface area contributed by atoms with Gasteiger partial charge in [0, 0.05) is 28.9 Å². The van der Waals surface area contributed by atoms with Crippen LogP contribution in [0.5, 0.6) is 11.5 Å². The van der Waals surface area contributed by atoms with Gasteiger partial charge in [0.05, 0.1) is 19.7 Å². The minimum atomic E-state index is 0.490. The number of benzene rings is 1. The second-order valence-corrected chi connectivity index (χ2v) is 7.21. The van der Waals surface area contributed by atoms with E-state index in [1.165, 1.54) is 23.4 Å². The highest BCUT2D eigenvalue weighted by Crippen LogP contribution is 2.40. The number of nitrogens with one attached hydrogen (secondary N) is 2. The predicted molar refractivity (Wildman–Crippen MR) is 101 cm³/mol. The van der Waals surface area contributed by atoms with Gasteiger partial charge in [-0.3, -0.25) is 4.98 Å². The van der Waals surface area contributed by atoms with Crippen LogP contribution in [0, 0.1) is 5.92 Å². The van der Waals surface area contributed by atoms with Gasteiger partial charge >= 0.3 is 0 Å². The van der Waals surface area contributed by atoms with Crippen molar-refractivity contribution in [1.29, 1.82) is 0 Å². The molecule has 4 rings (SSSR count). The summed E-state index contributed by atoms with van der Waals surface area (Å²) in [5.74, 6) is 2.10. The van der Waals surface area contributed by atoms with Gasteiger partial charge in [0.25, 0.3) is 0 Å². The Morgan fingerprint density at radius 3 is 2.72 bits per heavy atom. The highest BCUT2D eigenvalue weighted by Gasteiger charge is 2.26. The van der Waals surface area contributed by atoms with Crippen molar-refractivity contribution in [1.82, 2.24) is 10.3 Å². The van der Waals surface area contributed by atoms with Crippen molar-refractivity contribution < 1.29 is 9.47 Å². The van der Waals surface area contributed by atoms with Crippen LogP contribution in [0.25, 0.3) is 10.9 Å². The van der Waals surface area contributed by atoms with Crippen molar-refractivity contribution in [3.8, 4) is 11.5 Å². The van der Waals surface area contributed by atoms with Gasteiger partial charge in [0.2, 0.25) is 0 Å². The summed E-state index contributed by atoms with van der Waals surface area (Å²) in [7, 11) is 3.36. The van der Waals surface area contributed by atoms with Crippen LogP contribution >= 0.6 is 0 Å². The number of aryl methyl sites for hydroxylation is 1. The normalized spacial score (nSPS) is 22.7. The van der Waals surface area contributed by atoms with E-state index in [0.29, 0.717) is 12.0 Å². The van der Waals surface area contributed by atoms with Crippen molar-refractivity contribution >= 4 is 16.6 Å². The lowest BCUT2D eigenvalue weighted by molar-refractivity contribution is 0.355. The third-order valence-corrected chi connectivity index (χ3v) is 5.63. The number of hydrogen-bond donors (Lipinski definition) is 2. The fourth-order valence-electron chi connectivity index (χ4n) is 4.17. The summed E-state index contributed by atoms with van der Waals surface area (Å²) in [4.78, 5) is 4.92. The van der Waals surface area contributed by atoms with Crippen molar-refractivity contribution in [3.05, 3.63) is 23.4 Å². The summed E-state index contributed by atoms with van der Waals surface area (Å²) >= 11 is 0. The molecule has 134 valence electrons. The lowest BCUT2D eigenvalue weighted by Gasteiger charge is -2.32. The molecular formula is C20H27N3O2. The first-order chi connectivity index (χ1) is 12.2. The molecule has 1 aliphatic heterocycles. The highest BCUT2D eigenvalue weighted by molar-refractivity contribution is 5.96. The summed E-state index contributed by atoms with van der Waals surface area (Å²) < 4.78 is 11.0. The molecule has 1 aromatic heterocycles. The molecule has 5 heteroatoms. The number of anilines is 1. The zero-order chi connectivity index (χ0) is 17.4. The molecule has 1 fully saturated rings. The second kappa shape index (κ2) is 6.71. The Bertz CT molecular complexity index is 790. The average Bonchev–Trinajstić information content (AvgIpc) is 3.10. The van der Waals surface area contributed by atoms with Crippen LogP contribution in [-0.4, -0.2) is 38.3 Å². The molecule has 1 saturated heterocycles. The number of ether oxygens (including phenoxy) is 2. The van der Waals surface area contributed by atoms with Crippen LogP contribution in [0.2, 0.25) is 0 Å². The Balaban J connectivity index is 1.85. The van der Waals surface area contributed by atoms with Crippen molar-refractivity contribution in [2.45, 2.75) is 38.6 Å². The second-order valence-electron chi connectivity index (χ2n) is 7.21. The van der Waals surface area contributed by atoms with Crippen LogP contribution in [-0.2, 0) is 12.8 Å². The van der Waals surface area contributed by atoms with E-state index in [4.69, 9.17) is 14.5 Å². The van der Waals surface area contributed by atoms with Crippen molar-refractivity contribution in [3.63, 3.8) is 0 Å². The number of pyridine rings is 1. The van der Waals surface area contributed by atoms with Crippen molar-refractivity contribution in [2.75, 3.05) is 32.6 Å². The molecule has 0 saturated carbocycles. The Morgan fingerprint density at radius 1 is 1.16 bits per heavy atom. The summed E-state index contributed by atoms with van der Waals surface area (Å²) in [6.07, 6.45) is 4.50. The molecule has 2 aromatic rings. The average molecular weight is 341 g/mol. The van der Waals surface area contributed by atoms with Crippen LogP contribution in [0.3, 0.4) is 0 Å². The lowest BCUT2D eigenvalue weighted by atomic mass is 9.94. The Kier molecular flexibility index (Phi) is 4.42. The van der Waals surface area contributed by atoms with E-state index in [2.05, 4.69) is 23.6 Å². The van der Waals surface area contributed by atoms with E-state index >= 15 is 0 Å². The number of fused-ring (bicyclic) bond motifs is 2. The highest BCUT2D eigenvalue weighted by atomic mass is 16.5. The van der Waals surface area contributed by atoms with E-state index in [-0.39, 0.29) is 0 Å². The fraction of sp³-hybridized carbons (Fsp3) is 0.550. The van der Waals surface area contributed by atoms with Crippen LogP contribution in [0.1, 0.15) is 31.0 Å². The minimum absolute atomic E-state index is 0.490. The third-order valence-electron chi connectivity index (χ3n) is 5.63. The smallest absolute Gasteiger partial charge is 0.162 e. The molecule has 2 N–H and O–H groups in total. The van der Waals surface area contributed by atoms with E-state index < -0.39 is 0 Å². The summed E-state index contributed by atoms with van der Waals surface area (Å²) in [5.41, 5.74) is 4.88. The zero-order valence-corrected chi connectivity index (χ0v) is 15.3. The first-order valence-electron chi connectivity index (χ1n) is 9.26. The largest absolute Gasteiger partial charge is 0.493 e. The SMILES string of the molecule is COc1cc2nc3c(c(N[C@@H]4CCNC[C@@H]4C)c2cc1OC)CCC3. The maximum absolute atomic E-state index is 5.54. The van der Waals surface area contributed by atoms with Gasteiger partial charge in [0.15, 0.2) is 11.5 Å². The number of hydrogen-bond acceptors (Lipinski definition) is 5. The predicted octanol–water partition coefficient (Wildman–Crippen LogP) is 3.15. The van der Waals surface area contributed by atoms with Gasteiger partial charge < -0.3 is 20.1 Å².